The summed E-state index contributed by atoms with van der Waals surface area (Å²) >= 11 is 11.1. The number of rotatable bonds is 6. The predicted octanol–water partition coefficient (Wildman–Crippen LogP) is 2.65. The standard InChI is InChI=1S/C11H11Cl2FN2O3/c12-3-5-15(6-4-13)11(17)9-7-8(14)1-2-10(9)16(18)19/h1-2,7H,3-6H2. The van der Waals surface area contributed by atoms with Crippen molar-refractivity contribution in [1.29, 1.82) is 0 Å². The first kappa shape index (κ1) is 15.7. The van der Waals surface area contributed by atoms with E-state index in [1.807, 2.05) is 0 Å². The van der Waals surface area contributed by atoms with Gasteiger partial charge in [0.1, 0.15) is 11.4 Å². The minimum absolute atomic E-state index is 0.158. The molecule has 0 aliphatic heterocycles. The zero-order valence-electron chi connectivity index (χ0n) is 9.81. The number of hydrogen-bond donors (Lipinski definition) is 0. The molecule has 0 saturated heterocycles. The van der Waals surface area contributed by atoms with Crippen molar-refractivity contribution >= 4 is 34.8 Å². The number of nitro groups is 1. The highest BCUT2D eigenvalue weighted by Crippen LogP contribution is 2.21. The van der Waals surface area contributed by atoms with E-state index in [1.165, 1.54) is 4.90 Å². The minimum Gasteiger partial charge on any atom is -0.336 e. The van der Waals surface area contributed by atoms with Gasteiger partial charge in [0.15, 0.2) is 0 Å². The molecule has 0 unspecified atom stereocenters. The maximum atomic E-state index is 13.2. The van der Waals surface area contributed by atoms with Crippen LogP contribution in [0.15, 0.2) is 18.2 Å². The molecule has 0 bridgehead atoms. The van der Waals surface area contributed by atoms with Gasteiger partial charge < -0.3 is 4.90 Å². The van der Waals surface area contributed by atoms with Gasteiger partial charge in [0.05, 0.1) is 4.92 Å². The fourth-order valence-electron chi connectivity index (χ4n) is 1.53. The predicted molar refractivity (Wildman–Crippen MR) is 70.4 cm³/mol. The first-order chi connectivity index (χ1) is 9.01. The van der Waals surface area contributed by atoms with Crippen LogP contribution in [0.2, 0.25) is 0 Å². The summed E-state index contributed by atoms with van der Waals surface area (Å²) in [6.07, 6.45) is 0. The number of hydrogen-bond acceptors (Lipinski definition) is 3. The lowest BCUT2D eigenvalue weighted by molar-refractivity contribution is -0.385. The molecule has 0 spiro atoms. The molecule has 5 nitrogen and oxygen atoms in total. The Morgan fingerprint density at radius 3 is 2.37 bits per heavy atom. The monoisotopic (exact) mass is 308 g/mol. The summed E-state index contributed by atoms with van der Waals surface area (Å²) in [6, 6.07) is 2.74. The average Bonchev–Trinajstić information content (AvgIpc) is 2.37. The Hall–Kier alpha value is -1.40. The van der Waals surface area contributed by atoms with Crippen LogP contribution in [0.3, 0.4) is 0 Å². The molecule has 0 radical (unpaired) electrons. The van der Waals surface area contributed by atoms with Crippen LogP contribution in [0.25, 0.3) is 0 Å². The van der Waals surface area contributed by atoms with Gasteiger partial charge in [0, 0.05) is 30.9 Å². The van der Waals surface area contributed by atoms with E-state index in [-0.39, 0.29) is 30.4 Å². The van der Waals surface area contributed by atoms with Gasteiger partial charge >= 0.3 is 0 Å². The first-order valence-corrected chi connectivity index (χ1v) is 6.43. The van der Waals surface area contributed by atoms with Crippen LogP contribution in [0.4, 0.5) is 10.1 Å². The van der Waals surface area contributed by atoms with Crippen LogP contribution in [-0.4, -0.2) is 40.6 Å². The number of amides is 1. The van der Waals surface area contributed by atoms with Crippen LogP contribution < -0.4 is 0 Å². The third-order valence-corrected chi connectivity index (χ3v) is 2.72. The molecule has 0 N–H and O–H groups in total. The van der Waals surface area contributed by atoms with Gasteiger partial charge in [-0.2, -0.15) is 0 Å². The highest BCUT2D eigenvalue weighted by Gasteiger charge is 2.24. The first-order valence-electron chi connectivity index (χ1n) is 5.36. The van der Waals surface area contributed by atoms with E-state index in [0.717, 1.165) is 18.2 Å². The van der Waals surface area contributed by atoms with Gasteiger partial charge in [-0.3, -0.25) is 14.9 Å². The lowest BCUT2D eigenvalue weighted by Gasteiger charge is -2.20. The number of halogens is 3. The molecule has 0 aromatic heterocycles. The van der Waals surface area contributed by atoms with Crippen LogP contribution in [0.5, 0.6) is 0 Å². The van der Waals surface area contributed by atoms with Gasteiger partial charge in [-0.1, -0.05) is 0 Å². The largest absolute Gasteiger partial charge is 0.336 e. The van der Waals surface area contributed by atoms with Crippen molar-refractivity contribution in [2.24, 2.45) is 0 Å². The molecule has 0 aliphatic rings. The van der Waals surface area contributed by atoms with Crippen LogP contribution >= 0.6 is 23.2 Å². The minimum atomic E-state index is -0.730. The summed E-state index contributed by atoms with van der Waals surface area (Å²) in [7, 11) is 0. The fourth-order valence-corrected chi connectivity index (χ4v) is 1.94. The summed E-state index contributed by atoms with van der Waals surface area (Å²) in [4.78, 5) is 23.5. The molecule has 0 heterocycles. The Morgan fingerprint density at radius 1 is 1.32 bits per heavy atom. The second-order valence-electron chi connectivity index (χ2n) is 3.59. The number of carbonyl (C=O) groups is 1. The molecule has 0 fully saturated rings. The normalized spacial score (nSPS) is 10.3. The molecule has 8 heteroatoms. The van der Waals surface area contributed by atoms with Crippen molar-refractivity contribution in [3.8, 4) is 0 Å². The number of benzene rings is 1. The number of nitro benzene ring substituents is 1. The molecular weight excluding hydrogens is 298 g/mol. The molecule has 104 valence electrons. The average molecular weight is 309 g/mol. The lowest BCUT2D eigenvalue weighted by atomic mass is 10.1. The molecule has 19 heavy (non-hydrogen) atoms. The van der Waals surface area contributed by atoms with Crippen LogP contribution in [-0.2, 0) is 0 Å². The number of carbonyl (C=O) groups excluding carboxylic acids is 1. The topological polar surface area (TPSA) is 63.4 Å². The Morgan fingerprint density at radius 2 is 1.89 bits per heavy atom. The van der Waals surface area contributed by atoms with Crippen molar-refractivity contribution in [1.82, 2.24) is 4.90 Å². The van der Waals surface area contributed by atoms with Crippen molar-refractivity contribution in [3.63, 3.8) is 0 Å². The van der Waals surface area contributed by atoms with E-state index >= 15 is 0 Å². The van der Waals surface area contributed by atoms with Gasteiger partial charge in [-0.05, 0) is 12.1 Å². The molecule has 1 amide bonds. The third-order valence-electron chi connectivity index (χ3n) is 2.38. The van der Waals surface area contributed by atoms with E-state index in [1.54, 1.807) is 0 Å². The van der Waals surface area contributed by atoms with Gasteiger partial charge in [-0.15, -0.1) is 23.2 Å². The number of alkyl halides is 2. The Balaban J connectivity index is 3.15. The Kier molecular flexibility index (Phi) is 5.98. The maximum absolute atomic E-state index is 13.2. The summed E-state index contributed by atoms with van der Waals surface area (Å²) in [5, 5.41) is 10.8. The van der Waals surface area contributed by atoms with Crippen molar-refractivity contribution in [2.75, 3.05) is 24.8 Å². The highest BCUT2D eigenvalue weighted by atomic mass is 35.5. The van der Waals surface area contributed by atoms with Crippen molar-refractivity contribution in [3.05, 3.63) is 39.7 Å². The molecule has 1 rings (SSSR count). The summed E-state index contributed by atoms with van der Waals surface area (Å²) in [6.45, 7) is 0.363. The fraction of sp³-hybridized carbons (Fsp3) is 0.364. The zero-order valence-corrected chi connectivity index (χ0v) is 11.3. The van der Waals surface area contributed by atoms with E-state index in [4.69, 9.17) is 23.2 Å². The summed E-state index contributed by atoms with van der Waals surface area (Å²) in [5.41, 5.74) is -0.749. The van der Waals surface area contributed by atoms with Gasteiger partial charge in [0.2, 0.25) is 0 Å². The molecule has 1 aromatic rings. The Labute approximate surface area is 119 Å². The number of nitrogens with zero attached hydrogens (tertiary/aromatic N) is 2. The van der Waals surface area contributed by atoms with E-state index in [2.05, 4.69) is 0 Å². The molecule has 1 aromatic carbocycles. The molecular formula is C11H11Cl2FN2O3. The van der Waals surface area contributed by atoms with Crippen LogP contribution in [0, 0.1) is 15.9 Å². The summed E-state index contributed by atoms with van der Waals surface area (Å²) < 4.78 is 13.2. The quantitative estimate of drug-likeness (QED) is 0.461. The molecule has 0 atom stereocenters. The smallest absolute Gasteiger partial charge is 0.282 e. The lowest BCUT2D eigenvalue weighted by Crippen LogP contribution is -2.34. The third kappa shape index (κ3) is 4.04. The Bertz CT molecular complexity index is 479. The summed E-state index contributed by atoms with van der Waals surface area (Å²) in [5.74, 6) is -1.06. The second-order valence-corrected chi connectivity index (χ2v) is 4.34. The molecule has 0 saturated carbocycles. The second kappa shape index (κ2) is 7.25. The SMILES string of the molecule is O=C(c1cc(F)ccc1[N+](=O)[O-])N(CCCl)CCCl. The maximum Gasteiger partial charge on any atom is 0.282 e. The van der Waals surface area contributed by atoms with Crippen molar-refractivity contribution in [2.45, 2.75) is 0 Å². The van der Waals surface area contributed by atoms with Gasteiger partial charge in [0.25, 0.3) is 11.6 Å². The van der Waals surface area contributed by atoms with E-state index < -0.39 is 22.3 Å². The van der Waals surface area contributed by atoms with Crippen LogP contribution in [0.1, 0.15) is 10.4 Å². The highest BCUT2D eigenvalue weighted by molar-refractivity contribution is 6.18. The van der Waals surface area contributed by atoms with Crippen molar-refractivity contribution < 1.29 is 14.1 Å². The molecule has 0 aliphatic carbocycles. The zero-order chi connectivity index (χ0) is 14.4. The van der Waals surface area contributed by atoms with E-state index in [9.17, 15) is 19.3 Å². The van der Waals surface area contributed by atoms with Gasteiger partial charge in [-0.25, -0.2) is 4.39 Å². The van der Waals surface area contributed by atoms with E-state index in [0.29, 0.717) is 0 Å².